The van der Waals surface area contributed by atoms with E-state index in [1.54, 1.807) is 4.68 Å². The van der Waals surface area contributed by atoms with Gasteiger partial charge in [-0.1, -0.05) is 30.3 Å². The van der Waals surface area contributed by atoms with Crippen LogP contribution in [-0.2, 0) is 16.4 Å². The number of hydrogen-bond acceptors (Lipinski definition) is 6. The lowest BCUT2D eigenvalue weighted by atomic mass is 10.1. The molecule has 0 amide bonds. The zero-order valence-corrected chi connectivity index (χ0v) is 14.5. The molecule has 7 nitrogen and oxygen atoms in total. The van der Waals surface area contributed by atoms with Crippen molar-refractivity contribution in [1.29, 1.82) is 0 Å². The van der Waals surface area contributed by atoms with Crippen molar-refractivity contribution in [3.63, 3.8) is 0 Å². The van der Waals surface area contributed by atoms with Crippen molar-refractivity contribution in [2.75, 3.05) is 30.0 Å². The number of benzene rings is 1. The number of anilines is 2. The summed E-state index contributed by atoms with van der Waals surface area (Å²) in [5.41, 5.74) is 13.2. The van der Waals surface area contributed by atoms with Crippen molar-refractivity contribution in [1.82, 2.24) is 9.78 Å². The van der Waals surface area contributed by atoms with Gasteiger partial charge in [-0.3, -0.25) is 0 Å². The molecule has 0 aliphatic carbocycles. The Kier molecular flexibility index (Phi) is 4.51. The first-order chi connectivity index (χ1) is 11.4. The van der Waals surface area contributed by atoms with Crippen LogP contribution in [0.25, 0.3) is 0 Å². The third-order valence-electron chi connectivity index (χ3n) is 4.23. The summed E-state index contributed by atoms with van der Waals surface area (Å²) in [7, 11) is -3.49. The molecule has 1 saturated heterocycles. The van der Waals surface area contributed by atoms with Gasteiger partial charge in [0.2, 0.25) is 0 Å². The third-order valence-corrected chi connectivity index (χ3v) is 5.37. The van der Waals surface area contributed by atoms with Crippen molar-refractivity contribution in [2.45, 2.75) is 30.3 Å². The van der Waals surface area contributed by atoms with Crippen molar-refractivity contribution >= 4 is 21.5 Å². The van der Waals surface area contributed by atoms with Gasteiger partial charge >= 0.3 is 0 Å². The maximum absolute atomic E-state index is 12.3. The van der Waals surface area contributed by atoms with Gasteiger partial charge in [0.1, 0.15) is 5.82 Å². The molecular weight excluding hydrogens is 326 g/mol. The number of nitrogens with zero attached hydrogens (tertiary/aromatic N) is 3. The smallest absolute Gasteiger partial charge is 0.182 e. The highest BCUT2D eigenvalue weighted by atomic mass is 32.2. The second kappa shape index (κ2) is 6.45. The second-order valence-electron chi connectivity index (χ2n) is 6.30. The van der Waals surface area contributed by atoms with Crippen LogP contribution in [0.5, 0.6) is 0 Å². The fourth-order valence-corrected chi connectivity index (χ4v) is 4.07. The standard InChI is InChI=1S/C16H23N5O2S/c1-24(22,23)14-15(18)21(10-12-6-3-2-4-7-12)19-16(14)20-9-5-8-13(17)11-20/h2-4,6-7,13H,5,8-11,17-18H2,1H3. The van der Waals surface area contributed by atoms with Crippen LogP contribution in [0.15, 0.2) is 35.2 Å². The van der Waals surface area contributed by atoms with Gasteiger partial charge in [0.25, 0.3) is 0 Å². The Morgan fingerprint density at radius 3 is 2.62 bits per heavy atom. The molecule has 1 aliphatic rings. The van der Waals surface area contributed by atoms with E-state index in [2.05, 4.69) is 5.10 Å². The van der Waals surface area contributed by atoms with Gasteiger partial charge < -0.3 is 16.4 Å². The molecule has 0 spiro atoms. The average Bonchev–Trinajstić information content (AvgIpc) is 2.85. The van der Waals surface area contributed by atoms with E-state index in [0.29, 0.717) is 18.9 Å². The summed E-state index contributed by atoms with van der Waals surface area (Å²) in [5.74, 6) is 0.594. The maximum atomic E-state index is 12.3. The minimum Gasteiger partial charge on any atom is -0.383 e. The molecule has 130 valence electrons. The Morgan fingerprint density at radius 1 is 1.29 bits per heavy atom. The lowest BCUT2D eigenvalue weighted by Gasteiger charge is -2.31. The molecule has 0 bridgehead atoms. The Balaban J connectivity index is 2.03. The fourth-order valence-electron chi connectivity index (χ4n) is 3.09. The first-order valence-corrected chi connectivity index (χ1v) is 9.86. The van der Waals surface area contributed by atoms with Crippen molar-refractivity contribution in [3.05, 3.63) is 35.9 Å². The highest BCUT2D eigenvalue weighted by Gasteiger charge is 2.29. The molecule has 1 atom stereocenters. The summed E-state index contributed by atoms with van der Waals surface area (Å²) in [6, 6.07) is 9.72. The molecule has 0 saturated carbocycles. The summed E-state index contributed by atoms with van der Waals surface area (Å²) in [6.45, 7) is 1.75. The number of nitrogen functional groups attached to an aromatic ring is 1. The van der Waals surface area contributed by atoms with Gasteiger partial charge in [0.15, 0.2) is 20.6 Å². The van der Waals surface area contributed by atoms with E-state index < -0.39 is 9.84 Å². The molecule has 1 aromatic carbocycles. The average molecular weight is 349 g/mol. The first-order valence-electron chi connectivity index (χ1n) is 7.97. The van der Waals surface area contributed by atoms with Crippen LogP contribution < -0.4 is 16.4 Å². The van der Waals surface area contributed by atoms with Crippen LogP contribution in [0, 0.1) is 0 Å². The number of piperidine rings is 1. The quantitative estimate of drug-likeness (QED) is 0.847. The van der Waals surface area contributed by atoms with Gasteiger partial charge in [-0.25, -0.2) is 13.1 Å². The lowest BCUT2D eigenvalue weighted by Crippen LogP contribution is -2.43. The summed E-state index contributed by atoms with van der Waals surface area (Å²) >= 11 is 0. The predicted molar refractivity (Wildman–Crippen MR) is 94.7 cm³/mol. The fraction of sp³-hybridized carbons (Fsp3) is 0.438. The summed E-state index contributed by atoms with van der Waals surface area (Å²) in [5, 5.41) is 4.51. The van der Waals surface area contributed by atoms with Crippen LogP contribution in [0.2, 0.25) is 0 Å². The monoisotopic (exact) mass is 349 g/mol. The van der Waals surface area contributed by atoms with Crippen molar-refractivity contribution < 1.29 is 8.42 Å². The van der Waals surface area contributed by atoms with Gasteiger partial charge in [-0.2, -0.15) is 5.10 Å². The summed E-state index contributed by atoms with van der Waals surface area (Å²) < 4.78 is 26.1. The molecule has 2 aromatic rings. The van der Waals surface area contributed by atoms with Crippen molar-refractivity contribution in [3.8, 4) is 0 Å². The van der Waals surface area contributed by atoms with E-state index in [4.69, 9.17) is 11.5 Å². The normalized spacial score (nSPS) is 18.8. The largest absolute Gasteiger partial charge is 0.383 e. The third kappa shape index (κ3) is 3.39. The van der Waals surface area contributed by atoms with Crippen LogP contribution >= 0.6 is 0 Å². The number of nitrogens with two attached hydrogens (primary N) is 2. The molecule has 0 radical (unpaired) electrons. The molecule has 1 aliphatic heterocycles. The highest BCUT2D eigenvalue weighted by Crippen LogP contribution is 2.32. The minimum absolute atomic E-state index is 0.0201. The van der Waals surface area contributed by atoms with E-state index >= 15 is 0 Å². The summed E-state index contributed by atoms with van der Waals surface area (Å²) in [6.07, 6.45) is 3.02. The molecule has 1 aromatic heterocycles. The maximum Gasteiger partial charge on any atom is 0.182 e. The predicted octanol–water partition coefficient (Wildman–Crippen LogP) is 0.845. The number of aromatic nitrogens is 2. The van der Waals surface area contributed by atoms with Crippen LogP contribution in [0.1, 0.15) is 18.4 Å². The SMILES string of the molecule is CS(=O)(=O)c1c(N2CCCC(N)C2)nn(Cc2ccccc2)c1N. The van der Waals surface area contributed by atoms with E-state index in [0.717, 1.165) is 24.9 Å². The first kappa shape index (κ1) is 16.8. The van der Waals surface area contributed by atoms with Crippen LogP contribution in [0.3, 0.4) is 0 Å². The molecule has 1 unspecified atom stereocenters. The van der Waals surface area contributed by atoms with Crippen molar-refractivity contribution in [2.24, 2.45) is 5.73 Å². The van der Waals surface area contributed by atoms with Crippen LogP contribution in [0.4, 0.5) is 11.6 Å². The van der Waals surface area contributed by atoms with E-state index in [9.17, 15) is 8.42 Å². The molecule has 4 N–H and O–H groups in total. The number of sulfone groups is 1. The molecule has 2 heterocycles. The van der Waals surface area contributed by atoms with Gasteiger partial charge in [-0.15, -0.1) is 0 Å². The Bertz CT molecular complexity index is 816. The van der Waals surface area contributed by atoms with E-state index in [-0.39, 0.29) is 16.8 Å². The van der Waals surface area contributed by atoms with Gasteiger partial charge in [0.05, 0.1) is 6.54 Å². The molecule has 3 rings (SSSR count). The summed E-state index contributed by atoms with van der Waals surface area (Å²) in [4.78, 5) is 2.04. The van der Waals surface area contributed by atoms with Gasteiger partial charge in [-0.05, 0) is 18.4 Å². The zero-order valence-electron chi connectivity index (χ0n) is 13.7. The van der Waals surface area contributed by atoms with Crippen LogP contribution in [-0.4, -0.2) is 43.6 Å². The van der Waals surface area contributed by atoms with E-state index in [1.165, 1.54) is 6.26 Å². The topological polar surface area (TPSA) is 107 Å². The van der Waals surface area contributed by atoms with Gasteiger partial charge in [0, 0.05) is 25.4 Å². The number of rotatable bonds is 4. The molecule has 8 heteroatoms. The number of hydrogen-bond donors (Lipinski definition) is 2. The Hall–Kier alpha value is -2.06. The lowest BCUT2D eigenvalue weighted by molar-refractivity contribution is 0.499. The minimum atomic E-state index is -3.49. The molecular formula is C16H23N5O2S. The molecule has 1 fully saturated rings. The zero-order chi connectivity index (χ0) is 17.3. The Labute approximate surface area is 142 Å². The van der Waals surface area contributed by atoms with E-state index in [1.807, 2.05) is 35.2 Å². The Morgan fingerprint density at radius 2 is 2.00 bits per heavy atom. The highest BCUT2D eigenvalue weighted by molar-refractivity contribution is 7.91. The molecule has 24 heavy (non-hydrogen) atoms. The second-order valence-corrected chi connectivity index (χ2v) is 8.25.